The Bertz CT molecular complexity index is 491. The Balaban J connectivity index is 2.60. The van der Waals surface area contributed by atoms with Gasteiger partial charge in [0.1, 0.15) is 0 Å². The molecule has 1 heterocycles. The van der Waals surface area contributed by atoms with Crippen LogP contribution in [0, 0.1) is 0 Å². The van der Waals surface area contributed by atoms with Crippen molar-refractivity contribution in [2.24, 2.45) is 0 Å². The van der Waals surface area contributed by atoms with Crippen LogP contribution in [-0.4, -0.2) is 12.0 Å². The third-order valence-corrected chi connectivity index (χ3v) is 3.08. The average Bonchev–Trinajstić information content (AvgIpc) is 2.60. The molecule has 0 amide bonds. The maximum absolute atomic E-state index is 6.09. The zero-order chi connectivity index (χ0) is 11.0. The van der Waals surface area contributed by atoms with Crippen LogP contribution in [-0.2, 0) is 0 Å². The molecule has 1 atom stereocenters. The Labute approximate surface area is 98.6 Å². The summed E-state index contributed by atoms with van der Waals surface area (Å²) in [6, 6.07) is 5.99. The molecule has 1 aromatic carbocycles. The fourth-order valence-electron chi connectivity index (χ4n) is 1.58. The second-order valence-electron chi connectivity index (χ2n) is 3.59. The van der Waals surface area contributed by atoms with Gasteiger partial charge in [0.2, 0.25) is 0 Å². The highest BCUT2D eigenvalue weighted by molar-refractivity contribution is 6.38. The molecular weight excluding hydrogens is 231 g/mol. The molecule has 80 valence electrons. The van der Waals surface area contributed by atoms with Crippen molar-refractivity contribution in [3.63, 3.8) is 0 Å². The largest absolute Gasteiger partial charge is 0.356 e. The van der Waals surface area contributed by atoms with Crippen LogP contribution < -0.4 is 5.32 Å². The number of fused-ring (bicyclic) bond motifs is 1. The summed E-state index contributed by atoms with van der Waals surface area (Å²) in [5.41, 5.74) is 2.05. The first-order valence-electron chi connectivity index (χ1n) is 4.76. The summed E-state index contributed by atoms with van der Waals surface area (Å²) in [7, 11) is 1.92. The van der Waals surface area contributed by atoms with E-state index in [1.54, 1.807) is 6.07 Å². The van der Waals surface area contributed by atoms with Crippen molar-refractivity contribution in [3.05, 3.63) is 33.9 Å². The van der Waals surface area contributed by atoms with Crippen LogP contribution in [0.3, 0.4) is 0 Å². The van der Waals surface area contributed by atoms with E-state index in [-0.39, 0.29) is 6.04 Å². The van der Waals surface area contributed by atoms with Gasteiger partial charge in [0.25, 0.3) is 0 Å². The van der Waals surface area contributed by atoms with E-state index >= 15 is 0 Å². The number of halogens is 2. The number of H-pyrrole nitrogens is 1. The van der Waals surface area contributed by atoms with Crippen LogP contribution in [0.1, 0.15) is 18.7 Å². The molecule has 4 heteroatoms. The van der Waals surface area contributed by atoms with Gasteiger partial charge in [-0.1, -0.05) is 23.2 Å². The van der Waals surface area contributed by atoms with Crippen molar-refractivity contribution in [1.82, 2.24) is 10.3 Å². The van der Waals surface area contributed by atoms with Crippen LogP contribution in [0.25, 0.3) is 10.9 Å². The number of nitrogens with one attached hydrogen (secondary N) is 2. The number of benzene rings is 1. The number of hydrogen-bond donors (Lipinski definition) is 2. The molecule has 0 aliphatic rings. The fraction of sp³-hybridized carbons (Fsp3) is 0.273. The molecule has 2 aromatic rings. The maximum Gasteiger partial charge on any atom is 0.0661 e. The predicted octanol–water partition coefficient (Wildman–Crippen LogP) is 3.76. The van der Waals surface area contributed by atoms with Gasteiger partial charge in [0.05, 0.1) is 10.5 Å². The Morgan fingerprint density at radius 1 is 1.27 bits per heavy atom. The highest BCUT2D eigenvalue weighted by Gasteiger charge is 2.09. The highest BCUT2D eigenvalue weighted by atomic mass is 35.5. The van der Waals surface area contributed by atoms with Crippen molar-refractivity contribution in [3.8, 4) is 0 Å². The van der Waals surface area contributed by atoms with Crippen molar-refractivity contribution in [2.45, 2.75) is 13.0 Å². The Morgan fingerprint density at radius 3 is 2.67 bits per heavy atom. The molecule has 0 radical (unpaired) electrons. The molecule has 0 spiro atoms. The molecule has 0 bridgehead atoms. The minimum Gasteiger partial charge on any atom is -0.356 e. The number of aromatic nitrogens is 1. The lowest BCUT2D eigenvalue weighted by Gasteiger charge is -2.06. The zero-order valence-electron chi connectivity index (χ0n) is 8.57. The minimum absolute atomic E-state index is 0.271. The molecule has 1 aromatic heterocycles. The van der Waals surface area contributed by atoms with Crippen LogP contribution in [0.4, 0.5) is 0 Å². The second-order valence-corrected chi connectivity index (χ2v) is 4.43. The second kappa shape index (κ2) is 4.05. The van der Waals surface area contributed by atoms with E-state index < -0.39 is 0 Å². The standard InChI is InChI=1S/C11H12Cl2N2/c1-6(14-2)10-4-7-3-8(12)5-9(13)11(7)15-10/h3-6,14-15H,1-2H3. The first-order chi connectivity index (χ1) is 7.11. The van der Waals surface area contributed by atoms with Crippen LogP contribution in [0.5, 0.6) is 0 Å². The normalized spacial score (nSPS) is 13.3. The van der Waals surface area contributed by atoms with Crippen molar-refractivity contribution < 1.29 is 0 Å². The van der Waals surface area contributed by atoms with E-state index in [0.29, 0.717) is 10.0 Å². The molecule has 15 heavy (non-hydrogen) atoms. The molecule has 0 aliphatic carbocycles. The molecular formula is C11H12Cl2N2. The molecule has 2 N–H and O–H groups in total. The summed E-state index contributed by atoms with van der Waals surface area (Å²) in [6.45, 7) is 2.08. The van der Waals surface area contributed by atoms with E-state index in [1.807, 2.05) is 13.1 Å². The minimum atomic E-state index is 0.271. The van der Waals surface area contributed by atoms with E-state index in [4.69, 9.17) is 23.2 Å². The van der Waals surface area contributed by atoms with E-state index in [0.717, 1.165) is 16.6 Å². The van der Waals surface area contributed by atoms with Crippen molar-refractivity contribution in [2.75, 3.05) is 7.05 Å². The summed E-state index contributed by atoms with van der Waals surface area (Å²) >= 11 is 12.0. The molecule has 1 unspecified atom stereocenters. The summed E-state index contributed by atoms with van der Waals surface area (Å²) in [5, 5.41) is 5.54. The molecule has 0 saturated heterocycles. The summed E-state index contributed by atoms with van der Waals surface area (Å²) in [4.78, 5) is 3.29. The smallest absolute Gasteiger partial charge is 0.0661 e. The Morgan fingerprint density at radius 2 is 2.00 bits per heavy atom. The van der Waals surface area contributed by atoms with Gasteiger partial charge in [0.15, 0.2) is 0 Å². The third kappa shape index (κ3) is 1.98. The summed E-state index contributed by atoms with van der Waals surface area (Å²) in [5.74, 6) is 0. The van der Waals surface area contributed by atoms with Crippen molar-refractivity contribution >= 4 is 34.1 Å². The highest BCUT2D eigenvalue weighted by Crippen LogP contribution is 2.29. The van der Waals surface area contributed by atoms with Gasteiger partial charge in [-0.3, -0.25) is 0 Å². The first kappa shape index (κ1) is 10.8. The van der Waals surface area contributed by atoms with Crippen molar-refractivity contribution in [1.29, 1.82) is 0 Å². The topological polar surface area (TPSA) is 27.8 Å². The predicted molar refractivity (Wildman–Crippen MR) is 65.8 cm³/mol. The van der Waals surface area contributed by atoms with Gasteiger partial charge < -0.3 is 10.3 Å². The Hall–Kier alpha value is -0.700. The van der Waals surface area contributed by atoms with Gasteiger partial charge >= 0.3 is 0 Å². The lowest BCUT2D eigenvalue weighted by molar-refractivity contribution is 0.638. The monoisotopic (exact) mass is 242 g/mol. The molecule has 2 nitrogen and oxygen atoms in total. The van der Waals surface area contributed by atoms with E-state index in [9.17, 15) is 0 Å². The van der Waals surface area contributed by atoms with Gasteiger partial charge in [-0.25, -0.2) is 0 Å². The summed E-state index contributed by atoms with van der Waals surface area (Å²) < 4.78 is 0. The van der Waals surface area contributed by atoms with Crippen LogP contribution >= 0.6 is 23.2 Å². The SMILES string of the molecule is CNC(C)c1cc2cc(Cl)cc(Cl)c2[nH]1. The number of rotatable bonds is 2. The van der Waals surface area contributed by atoms with Gasteiger partial charge in [-0.2, -0.15) is 0 Å². The third-order valence-electron chi connectivity index (χ3n) is 2.57. The fourth-order valence-corrected chi connectivity index (χ4v) is 2.13. The first-order valence-corrected chi connectivity index (χ1v) is 5.52. The number of aromatic amines is 1. The Kier molecular flexibility index (Phi) is 2.91. The van der Waals surface area contributed by atoms with E-state index in [1.165, 1.54) is 0 Å². The van der Waals surface area contributed by atoms with Gasteiger partial charge in [0, 0.05) is 22.1 Å². The summed E-state index contributed by atoms with van der Waals surface area (Å²) in [6.07, 6.45) is 0. The van der Waals surface area contributed by atoms with Crippen LogP contribution in [0.15, 0.2) is 18.2 Å². The van der Waals surface area contributed by atoms with E-state index in [2.05, 4.69) is 23.3 Å². The molecule has 0 saturated carbocycles. The van der Waals surface area contributed by atoms with Gasteiger partial charge in [-0.15, -0.1) is 0 Å². The van der Waals surface area contributed by atoms with Gasteiger partial charge in [-0.05, 0) is 32.2 Å². The molecule has 2 rings (SSSR count). The zero-order valence-corrected chi connectivity index (χ0v) is 10.1. The quantitative estimate of drug-likeness (QED) is 0.825. The lowest BCUT2D eigenvalue weighted by Crippen LogP contribution is -2.12. The molecule has 0 fully saturated rings. The number of hydrogen-bond acceptors (Lipinski definition) is 1. The lowest BCUT2D eigenvalue weighted by atomic mass is 10.2. The van der Waals surface area contributed by atoms with Crippen LogP contribution in [0.2, 0.25) is 10.0 Å². The average molecular weight is 243 g/mol. The molecule has 0 aliphatic heterocycles. The maximum atomic E-state index is 6.09.